The van der Waals surface area contributed by atoms with E-state index in [0.29, 0.717) is 0 Å². The maximum atomic E-state index is 12.3. The Kier molecular flexibility index (Phi) is 1.89. The van der Waals surface area contributed by atoms with Crippen molar-refractivity contribution >= 4 is 0 Å². The summed E-state index contributed by atoms with van der Waals surface area (Å²) in [6.45, 7) is -1.04. The molecule has 2 atom stereocenters. The van der Waals surface area contributed by atoms with Gasteiger partial charge in [0.25, 0.3) is 5.92 Å². The smallest absolute Gasteiger partial charge is 0.298 e. The van der Waals surface area contributed by atoms with Crippen LogP contribution in [0.2, 0.25) is 0 Å². The molecule has 0 unspecified atom stereocenters. The molecule has 5 heteroatoms. The molecular formula is C5H8F2O3. The molecule has 1 heterocycles. The minimum Gasteiger partial charge on any atom is -0.388 e. The Hall–Kier alpha value is -0.260. The molecule has 0 spiro atoms. The fraction of sp³-hybridized carbons (Fsp3) is 1.00. The molecule has 0 saturated carbocycles. The van der Waals surface area contributed by atoms with E-state index in [1.54, 1.807) is 0 Å². The zero-order valence-electron chi connectivity index (χ0n) is 5.13. The van der Waals surface area contributed by atoms with Gasteiger partial charge in [0, 0.05) is 0 Å². The summed E-state index contributed by atoms with van der Waals surface area (Å²) in [4.78, 5) is 0. The second kappa shape index (κ2) is 2.41. The molecule has 1 fully saturated rings. The predicted octanol–water partition coefficient (Wildman–Crippen LogP) is -0.626. The molecule has 0 radical (unpaired) electrons. The molecule has 10 heavy (non-hydrogen) atoms. The molecule has 1 aliphatic rings. The largest absolute Gasteiger partial charge is 0.388 e. The minimum absolute atomic E-state index is 0.225. The van der Waals surface area contributed by atoms with E-state index in [4.69, 9.17) is 10.2 Å². The lowest BCUT2D eigenvalue weighted by atomic mass is 10.1. The van der Waals surface area contributed by atoms with Gasteiger partial charge in [-0.2, -0.15) is 0 Å². The van der Waals surface area contributed by atoms with Gasteiger partial charge in [-0.05, 0) is 0 Å². The number of aliphatic hydroxyl groups is 2. The monoisotopic (exact) mass is 154 g/mol. The van der Waals surface area contributed by atoms with E-state index >= 15 is 0 Å². The SMILES string of the molecule is O[C@@H]1COCC(F)(F)[C@@H]1O. The van der Waals surface area contributed by atoms with Gasteiger partial charge in [0.2, 0.25) is 0 Å². The second-order valence-corrected chi connectivity index (χ2v) is 2.29. The van der Waals surface area contributed by atoms with Crippen molar-refractivity contribution in [3.8, 4) is 0 Å². The maximum Gasteiger partial charge on any atom is 0.298 e. The van der Waals surface area contributed by atoms with Crippen molar-refractivity contribution in [1.29, 1.82) is 0 Å². The lowest BCUT2D eigenvalue weighted by molar-refractivity contribution is -0.227. The van der Waals surface area contributed by atoms with Crippen molar-refractivity contribution in [1.82, 2.24) is 0 Å². The van der Waals surface area contributed by atoms with E-state index in [2.05, 4.69) is 4.74 Å². The number of hydrogen-bond acceptors (Lipinski definition) is 3. The van der Waals surface area contributed by atoms with E-state index in [1.807, 2.05) is 0 Å². The Bertz CT molecular complexity index is 128. The van der Waals surface area contributed by atoms with Gasteiger partial charge in [0.05, 0.1) is 6.61 Å². The molecule has 3 nitrogen and oxygen atoms in total. The summed E-state index contributed by atoms with van der Waals surface area (Å²) in [5.41, 5.74) is 0. The third-order valence-electron chi connectivity index (χ3n) is 1.38. The van der Waals surface area contributed by atoms with Gasteiger partial charge in [-0.3, -0.25) is 0 Å². The van der Waals surface area contributed by atoms with E-state index in [9.17, 15) is 8.78 Å². The average molecular weight is 154 g/mol. The van der Waals surface area contributed by atoms with Crippen molar-refractivity contribution in [3.05, 3.63) is 0 Å². The van der Waals surface area contributed by atoms with Gasteiger partial charge in [-0.25, -0.2) is 8.78 Å². The standard InChI is InChI=1S/C5H8F2O3/c6-5(7)2-10-1-3(8)4(5)9/h3-4,8-9H,1-2H2/t3-,4-/m1/s1. The van der Waals surface area contributed by atoms with Crippen LogP contribution in [0.4, 0.5) is 8.78 Å². The first-order chi connectivity index (χ1) is 4.54. The Morgan fingerprint density at radius 1 is 1.40 bits per heavy atom. The molecule has 1 rings (SSSR count). The van der Waals surface area contributed by atoms with Crippen molar-refractivity contribution < 1.29 is 23.7 Å². The number of halogens is 2. The minimum atomic E-state index is -3.31. The average Bonchev–Trinajstić information content (AvgIpc) is 1.83. The Morgan fingerprint density at radius 2 is 2.00 bits per heavy atom. The number of alkyl halides is 2. The first kappa shape index (κ1) is 7.84. The van der Waals surface area contributed by atoms with Crippen LogP contribution in [-0.2, 0) is 4.74 Å². The summed E-state index contributed by atoms with van der Waals surface area (Å²) in [7, 11) is 0. The molecule has 60 valence electrons. The van der Waals surface area contributed by atoms with Gasteiger partial charge < -0.3 is 14.9 Å². The summed E-state index contributed by atoms with van der Waals surface area (Å²) in [6.07, 6.45) is -3.45. The number of ether oxygens (including phenoxy) is 1. The molecule has 0 aromatic rings. The van der Waals surface area contributed by atoms with Crippen LogP contribution < -0.4 is 0 Å². The van der Waals surface area contributed by atoms with Crippen LogP contribution in [0, 0.1) is 0 Å². The lowest BCUT2D eigenvalue weighted by Crippen LogP contribution is -2.52. The van der Waals surface area contributed by atoms with Crippen LogP contribution in [0.1, 0.15) is 0 Å². The van der Waals surface area contributed by atoms with E-state index in [0.717, 1.165) is 0 Å². The highest BCUT2D eigenvalue weighted by atomic mass is 19.3. The fourth-order valence-corrected chi connectivity index (χ4v) is 0.774. The van der Waals surface area contributed by atoms with Gasteiger partial charge >= 0.3 is 0 Å². The maximum absolute atomic E-state index is 12.3. The third kappa shape index (κ3) is 1.25. The number of rotatable bonds is 0. The molecular weight excluding hydrogens is 146 g/mol. The number of aliphatic hydroxyl groups excluding tert-OH is 2. The van der Waals surface area contributed by atoms with Crippen molar-refractivity contribution in [2.75, 3.05) is 13.2 Å². The Labute approximate surface area is 56.2 Å². The first-order valence-corrected chi connectivity index (χ1v) is 2.86. The first-order valence-electron chi connectivity index (χ1n) is 2.86. The molecule has 0 aromatic carbocycles. The number of hydrogen-bond donors (Lipinski definition) is 2. The summed E-state index contributed by atoms with van der Waals surface area (Å²) >= 11 is 0. The van der Waals surface area contributed by atoms with Gasteiger partial charge in [-0.1, -0.05) is 0 Å². The van der Waals surface area contributed by atoms with Crippen LogP contribution in [0.3, 0.4) is 0 Å². The van der Waals surface area contributed by atoms with Crippen molar-refractivity contribution in [2.45, 2.75) is 18.1 Å². The van der Waals surface area contributed by atoms with Crippen LogP contribution in [-0.4, -0.2) is 41.6 Å². The summed E-state index contributed by atoms with van der Waals surface area (Å²) < 4.78 is 28.9. The topological polar surface area (TPSA) is 49.7 Å². The normalized spacial score (nSPS) is 39.6. The van der Waals surface area contributed by atoms with E-state index in [-0.39, 0.29) is 6.61 Å². The summed E-state index contributed by atoms with van der Waals surface area (Å²) in [6, 6.07) is 0. The van der Waals surface area contributed by atoms with E-state index < -0.39 is 24.7 Å². The zero-order valence-corrected chi connectivity index (χ0v) is 5.13. The summed E-state index contributed by atoms with van der Waals surface area (Å²) in [5.74, 6) is -3.31. The molecule has 0 aliphatic carbocycles. The Balaban J connectivity index is 2.60. The molecule has 1 aliphatic heterocycles. The van der Waals surface area contributed by atoms with Crippen LogP contribution in [0.25, 0.3) is 0 Å². The van der Waals surface area contributed by atoms with Crippen LogP contribution in [0.15, 0.2) is 0 Å². The molecule has 0 amide bonds. The third-order valence-corrected chi connectivity index (χ3v) is 1.38. The molecule has 2 N–H and O–H groups in total. The molecule has 0 bridgehead atoms. The van der Waals surface area contributed by atoms with Crippen molar-refractivity contribution in [3.63, 3.8) is 0 Å². The highest BCUT2D eigenvalue weighted by Crippen LogP contribution is 2.25. The Morgan fingerprint density at radius 3 is 2.40 bits per heavy atom. The fourth-order valence-electron chi connectivity index (χ4n) is 0.774. The highest BCUT2D eigenvalue weighted by Gasteiger charge is 2.46. The zero-order chi connectivity index (χ0) is 7.78. The molecule has 1 saturated heterocycles. The van der Waals surface area contributed by atoms with Crippen molar-refractivity contribution in [2.24, 2.45) is 0 Å². The molecule has 0 aromatic heterocycles. The lowest BCUT2D eigenvalue weighted by Gasteiger charge is -2.31. The van der Waals surface area contributed by atoms with Gasteiger partial charge in [0.15, 0.2) is 0 Å². The van der Waals surface area contributed by atoms with Gasteiger partial charge in [0.1, 0.15) is 18.8 Å². The van der Waals surface area contributed by atoms with Gasteiger partial charge in [-0.15, -0.1) is 0 Å². The second-order valence-electron chi connectivity index (χ2n) is 2.29. The highest BCUT2D eigenvalue weighted by molar-refractivity contribution is 4.85. The van der Waals surface area contributed by atoms with Crippen LogP contribution in [0.5, 0.6) is 0 Å². The quantitative estimate of drug-likeness (QED) is 0.488. The summed E-state index contributed by atoms with van der Waals surface area (Å²) in [5, 5.41) is 17.3. The van der Waals surface area contributed by atoms with E-state index in [1.165, 1.54) is 0 Å². The predicted molar refractivity (Wildman–Crippen MR) is 27.8 cm³/mol. The van der Waals surface area contributed by atoms with Crippen LogP contribution >= 0.6 is 0 Å².